The van der Waals surface area contributed by atoms with Gasteiger partial charge in [-0.1, -0.05) is 0 Å². The topological polar surface area (TPSA) is 50.1 Å². The van der Waals surface area contributed by atoms with E-state index in [9.17, 15) is 0 Å². The van der Waals surface area contributed by atoms with Gasteiger partial charge in [-0.2, -0.15) is 5.10 Å². The Bertz CT molecular complexity index is 328. The molecule has 2 N–H and O–H groups in total. The first-order valence-electron chi connectivity index (χ1n) is 4.76. The lowest BCUT2D eigenvalue weighted by Crippen LogP contribution is -2.35. The van der Waals surface area contributed by atoms with Gasteiger partial charge in [-0.25, -0.2) is 0 Å². The number of hydrogen-bond donors (Lipinski definition) is 2. The third kappa shape index (κ3) is 2.07. The molecule has 4 nitrogen and oxygen atoms in total. The highest BCUT2D eigenvalue weighted by atomic mass is 16.3. The number of nitrogens with one attached hydrogen (secondary N) is 1. The van der Waals surface area contributed by atoms with Crippen LogP contribution in [0.5, 0.6) is 0 Å². The van der Waals surface area contributed by atoms with E-state index in [1.165, 1.54) is 0 Å². The second-order valence-corrected chi connectivity index (χ2v) is 4.34. The third-order valence-corrected chi connectivity index (χ3v) is 2.37. The number of aliphatic hydroxyl groups is 1. The predicted octanol–water partition coefficient (Wildman–Crippen LogP) is 1.22. The van der Waals surface area contributed by atoms with Crippen LogP contribution in [-0.2, 0) is 7.05 Å². The van der Waals surface area contributed by atoms with Gasteiger partial charge in [0.05, 0.1) is 29.2 Å². The van der Waals surface area contributed by atoms with Crippen molar-refractivity contribution in [3.8, 4) is 0 Å². The number of rotatable bonds is 3. The van der Waals surface area contributed by atoms with Crippen molar-refractivity contribution in [1.29, 1.82) is 0 Å². The fraction of sp³-hybridized carbons (Fsp3) is 0.700. The summed E-state index contributed by atoms with van der Waals surface area (Å²) in [7, 11) is 1.92. The van der Waals surface area contributed by atoms with Gasteiger partial charge >= 0.3 is 0 Å². The normalized spacial score (nSPS) is 11.9. The van der Waals surface area contributed by atoms with E-state index in [0.29, 0.717) is 0 Å². The van der Waals surface area contributed by atoms with Crippen molar-refractivity contribution in [3.05, 3.63) is 11.4 Å². The minimum absolute atomic E-state index is 0.0980. The second-order valence-electron chi connectivity index (χ2n) is 4.34. The highest BCUT2D eigenvalue weighted by Crippen LogP contribution is 2.22. The summed E-state index contributed by atoms with van der Waals surface area (Å²) in [6.45, 7) is 7.98. The lowest BCUT2D eigenvalue weighted by molar-refractivity contribution is 0.234. The van der Waals surface area contributed by atoms with Gasteiger partial charge in [-0.3, -0.25) is 4.68 Å². The Kier molecular flexibility index (Phi) is 2.85. The van der Waals surface area contributed by atoms with Crippen LogP contribution in [0.3, 0.4) is 0 Å². The monoisotopic (exact) mass is 197 g/mol. The number of aliphatic hydroxyl groups excluding tert-OH is 1. The van der Waals surface area contributed by atoms with E-state index in [4.69, 9.17) is 5.11 Å². The second kappa shape index (κ2) is 3.61. The molecule has 0 unspecified atom stereocenters. The minimum atomic E-state index is -0.307. The molecule has 80 valence electrons. The van der Waals surface area contributed by atoms with E-state index in [2.05, 4.69) is 10.4 Å². The van der Waals surface area contributed by atoms with Gasteiger partial charge in [0.25, 0.3) is 0 Å². The van der Waals surface area contributed by atoms with E-state index in [1.807, 2.05) is 39.4 Å². The smallest absolute Gasteiger partial charge is 0.0828 e. The van der Waals surface area contributed by atoms with Gasteiger partial charge in [-0.05, 0) is 27.7 Å². The molecule has 1 rings (SSSR count). The molecule has 0 fully saturated rings. The van der Waals surface area contributed by atoms with E-state index in [0.717, 1.165) is 17.1 Å². The standard InChI is InChI=1S/C10H19N3O/c1-7-9(8(2)13(5)12-7)11-10(3,4)6-14/h11,14H,6H2,1-5H3. The van der Waals surface area contributed by atoms with E-state index in [-0.39, 0.29) is 12.1 Å². The quantitative estimate of drug-likeness (QED) is 0.766. The summed E-state index contributed by atoms with van der Waals surface area (Å²) < 4.78 is 1.84. The van der Waals surface area contributed by atoms with E-state index in [1.54, 1.807) is 0 Å². The highest BCUT2D eigenvalue weighted by molar-refractivity contribution is 5.53. The molecule has 1 heterocycles. The van der Waals surface area contributed by atoms with Crippen LogP contribution in [0.4, 0.5) is 5.69 Å². The summed E-state index contributed by atoms with van der Waals surface area (Å²) in [6, 6.07) is 0. The Morgan fingerprint density at radius 3 is 2.36 bits per heavy atom. The Labute approximate surface area is 84.9 Å². The van der Waals surface area contributed by atoms with Crippen molar-refractivity contribution in [2.24, 2.45) is 7.05 Å². The Morgan fingerprint density at radius 2 is 2.00 bits per heavy atom. The minimum Gasteiger partial charge on any atom is -0.394 e. The maximum atomic E-state index is 9.15. The molecule has 0 aliphatic carbocycles. The first-order chi connectivity index (χ1) is 6.37. The SMILES string of the molecule is Cc1nn(C)c(C)c1NC(C)(C)CO. The molecule has 0 amide bonds. The summed E-state index contributed by atoms with van der Waals surface area (Å²) in [5.74, 6) is 0. The van der Waals surface area contributed by atoms with Gasteiger partial charge in [0.1, 0.15) is 0 Å². The molecular weight excluding hydrogens is 178 g/mol. The molecule has 0 aromatic carbocycles. The number of aromatic nitrogens is 2. The van der Waals surface area contributed by atoms with Crippen molar-refractivity contribution in [2.75, 3.05) is 11.9 Å². The largest absolute Gasteiger partial charge is 0.394 e. The summed E-state index contributed by atoms with van der Waals surface area (Å²) in [4.78, 5) is 0. The molecular formula is C10H19N3O. The van der Waals surface area contributed by atoms with Crippen LogP contribution in [0.2, 0.25) is 0 Å². The molecule has 0 aliphatic heterocycles. The highest BCUT2D eigenvalue weighted by Gasteiger charge is 2.19. The average Bonchev–Trinajstić information content (AvgIpc) is 2.32. The van der Waals surface area contributed by atoms with Crippen LogP contribution in [0.25, 0.3) is 0 Å². The molecule has 0 saturated carbocycles. The molecule has 1 aromatic heterocycles. The van der Waals surface area contributed by atoms with Gasteiger partial charge in [0.2, 0.25) is 0 Å². The fourth-order valence-corrected chi connectivity index (χ4v) is 1.33. The first-order valence-corrected chi connectivity index (χ1v) is 4.76. The fourth-order valence-electron chi connectivity index (χ4n) is 1.33. The van der Waals surface area contributed by atoms with Crippen LogP contribution >= 0.6 is 0 Å². The molecule has 0 bridgehead atoms. The van der Waals surface area contributed by atoms with Crippen LogP contribution in [0, 0.1) is 13.8 Å². The molecule has 0 saturated heterocycles. The maximum absolute atomic E-state index is 9.15. The molecule has 14 heavy (non-hydrogen) atoms. The van der Waals surface area contributed by atoms with Crippen molar-refractivity contribution in [2.45, 2.75) is 33.2 Å². The lowest BCUT2D eigenvalue weighted by Gasteiger charge is -2.25. The van der Waals surface area contributed by atoms with E-state index < -0.39 is 0 Å². The van der Waals surface area contributed by atoms with Crippen molar-refractivity contribution in [3.63, 3.8) is 0 Å². The van der Waals surface area contributed by atoms with Crippen LogP contribution in [-0.4, -0.2) is 27.0 Å². The molecule has 4 heteroatoms. The summed E-state index contributed by atoms with van der Waals surface area (Å²) in [5.41, 5.74) is 2.76. The Balaban J connectivity index is 2.97. The zero-order valence-electron chi connectivity index (χ0n) is 9.55. The van der Waals surface area contributed by atoms with Crippen LogP contribution in [0.15, 0.2) is 0 Å². The number of aryl methyl sites for hydroxylation is 2. The maximum Gasteiger partial charge on any atom is 0.0828 e. The van der Waals surface area contributed by atoms with Crippen LogP contribution < -0.4 is 5.32 Å². The third-order valence-electron chi connectivity index (χ3n) is 2.37. The van der Waals surface area contributed by atoms with Gasteiger partial charge < -0.3 is 10.4 Å². The molecule has 0 atom stereocenters. The average molecular weight is 197 g/mol. The number of hydrogen-bond acceptors (Lipinski definition) is 3. The molecule has 0 spiro atoms. The zero-order chi connectivity index (χ0) is 10.9. The summed E-state index contributed by atoms with van der Waals surface area (Å²) >= 11 is 0. The first kappa shape index (κ1) is 11.0. The predicted molar refractivity (Wildman–Crippen MR) is 57.5 cm³/mol. The molecule has 0 aliphatic rings. The van der Waals surface area contributed by atoms with Crippen molar-refractivity contribution >= 4 is 5.69 Å². The molecule has 1 aromatic rings. The van der Waals surface area contributed by atoms with Gasteiger partial charge in [0, 0.05) is 7.05 Å². The number of anilines is 1. The van der Waals surface area contributed by atoms with Gasteiger partial charge in [0.15, 0.2) is 0 Å². The molecule has 0 radical (unpaired) electrons. The Hall–Kier alpha value is -1.03. The lowest BCUT2D eigenvalue weighted by atomic mass is 10.1. The Morgan fingerprint density at radius 1 is 1.43 bits per heavy atom. The summed E-state index contributed by atoms with van der Waals surface area (Å²) in [6.07, 6.45) is 0. The number of nitrogens with zero attached hydrogens (tertiary/aromatic N) is 2. The zero-order valence-corrected chi connectivity index (χ0v) is 9.55. The summed E-state index contributed by atoms with van der Waals surface area (Å²) in [5, 5.41) is 16.7. The van der Waals surface area contributed by atoms with Crippen molar-refractivity contribution < 1.29 is 5.11 Å². The van der Waals surface area contributed by atoms with E-state index >= 15 is 0 Å². The van der Waals surface area contributed by atoms with Crippen LogP contribution in [0.1, 0.15) is 25.2 Å². The van der Waals surface area contributed by atoms with Crippen molar-refractivity contribution in [1.82, 2.24) is 9.78 Å². The van der Waals surface area contributed by atoms with Gasteiger partial charge in [-0.15, -0.1) is 0 Å².